The Morgan fingerprint density at radius 2 is 1.71 bits per heavy atom. The molecule has 112 valence electrons. The standard InChI is InChI=1S/C16H16F3NO/c1-10(20-2)12-3-4-16(15(19)7-12)21-9-11-5-13(17)8-14(18)6-11/h3-8,10,20H,9H2,1-2H3. The van der Waals surface area contributed by atoms with Crippen LogP contribution in [0.3, 0.4) is 0 Å². The van der Waals surface area contributed by atoms with Crippen molar-refractivity contribution in [2.24, 2.45) is 0 Å². The summed E-state index contributed by atoms with van der Waals surface area (Å²) in [5.74, 6) is -1.84. The predicted octanol–water partition coefficient (Wildman–Crippen LogP) is 3.96. The molecule has 2 aromatic rings. The third kappa shape index (κ3) is 3.98. The fraction of sp³-hybridized carbons (Fsp3) is 0.250. The van der Waals surface area contributed by atoms with E-state index in [0.717, 1.165) is 23.8 Å². The van der Waals surface area contributed by atoms with Gasteiger partial charge in [-0.25, -0.2) is 13.2 Å². The normalized spacial score (nSPS) is 12.2. The van der Waals surface area contributed by atoms with Gasteiger partial charge in [0.05, 0.1) is 0 Å². The Hall–Kier alpha value is -2.01. The highest BCUT2D eigenvalue weighted by Gasteiger charge is 2.09. The van der Waals surface area contributed by atoms with Crippen molar-refractivity contribution in [3.63, 3.8) is 0 Å². The van der Waals surface area contributed by atoms with E-state index in [1.807, 2.05) is 6.92 Å². The summed E-state index contributed by atoms with van der Waals surface area (Å²) in [5.41, 5.74) is 1.10. The van der Waals surface area contributed by atoms with Crippen molar-refractivity contribution >= 4 is 0 Å². The second-order valence-electron chi connectivity index (χ2n) is 4.77. The summed E-state index contributed by atoms with van der Waals surface area (Å²) in [6.45, 7) is 1.80. The molecule has 0 bridgehead atoms. The van der Waals surface area contributed by atoms with Gasteiger partial charge >= 0.3 is 0 Å². The monoisotopic (exact) mass is 295 g/mol. The molecule has 5 heteroatoms. The molecule has 0 aliphatic heterocycles. The molecule has 2 nitrogen and oxygen atoms in total. The second-order valence-corrected chi connectivity index (χ2v) is 4.77. The minimum atomic E-state index is -0.688. The largest absolute Gasteiger partial charge is 0.486 e. The average Bonchev–Trinajstić information content (AvgIpc) is 2.44. The van der Waals surface area contributed by atoms with Crippen LogP contribution in [0.25, 0.3) is 0 Å². The predicted molar refractivity (Wildman–Crippen MR) is 74.6 cm³/mol. The quantitative estimate of drug-likeness (QED) is 0.901. The summed E-state index contributed by atoms with van der Waals surface area (Å²) >= 11 is 0. The summed E-state index contributed by atoms with van der Waals surface area (Å²) in [6, 6.07) is 7.73. The lowest BCUT2D eigenvalue weighted by atomic mass is 10.1. The molecule has 2 rings (SSSR count). The molecule has 0 saturated heterocycles. The van der Waals surface area contributed by atoms with Gasteiger partial charge in [-0.15, -0.1) is 0 Å². The summed E-state index contributed by atoms with van der Waals surface area (Å²) in [5, 5.41) is 3.01. The number of ether oxygens (including phenoxy) is 1. The van der Waals surface area contributed by atoms with Crippen LogP contribution in [0.2, 0.25) is 0 Å². The van der Waals surface area contributed by atoms with Crippen LogP contribution in [0.5, 0.6) is 5.75 Å². The summed E-state index contributed by atoms with van der Waals surface area (Å²) in [6.07, 6.45) is 0. The first-order valence-corrected chi connectivity index (χ1v) is 6.54. The van der Waals surface area contributed by atoms with Crippen LogP contribution in [0, 0.1) is 17.5 Å². The number of halogens is 3. The van der Waals surface area contributed by atoms with E-state index < -0.39 is 17.5 Å². The average molecular weight is 295 g/mol. The first-order chi connectivity index (χ1) is 9.99. The van der Waals surface area contributed by atoms with Crippen LogP contribution in [-0.2, 0) is 6.61 Å². The van der Waals surface area contributed by atoms with Crippen LogP contribution in [0.1, 0.15) is 24.1 Å². The van der Waals surface area contributed by atoms with Gasteiger partial charge in [0.15, 0.2) is 11.6 Å². The zero-order valence-electron chi connectivity index (χ0n) is 11.8. The van der Waals surface area contributed by atoms with E-state index in [4.69, 9.17) is 4.74 Å². The molecule has 0 heterocycles. The second kappa shape index (κ2) is 6.63. The van der Waals surface area contributed by atoms with Crippen molar-refractivity contribution in [1.82, 2.24) is 5.32 Å². The Kier molecular flexibility index (Phi) is 4.85. The smallest absolute Gasteiger partial charge is 0.165 e. The molecule has 0 spiro atoms. The van der Waals surface area contributed by atoms with Crippen LogP contribution < -0.4 is 10.1 Å². The van der Waals surface area contributed by atoms with Crippen molar-refractivity contribution in [2.45, 2.75) is 19.6 Å². The van der Waals surface area contributed by atoms with Crippen LogP contribution in [0.15, 0.2) is 36.4 Å². The molecule has 0 radical (unpaired) electrons. The molecular formula is C16H16F3NO. The van der Waals surface area contributed by atoms with Crippen molar-refractivity contribution < 1.29 is 17.9 Å². The molecule has 0 amide bonds. The summed E-state index contributed by atoms with van der Waals surface area (Å²) in [7, 11) is 1.78. The van der Waals surface area contributed by atoms with Crippen molar-refractivity contribution in [1.29, 1.82) is 0 Å². The number of benzene rings is 2. The highest BCUT2D eigenvalue weighted by atomic mass is 19.1. The maximum atomic E-state index is 13.9. The van der Waals surface area contributed by atoms with Crippen LogP contribution in [0.4, 0.5) is 13.2 Å². The Bertz CT molecular complexity index is 611. The zero-order valence-corrected chi connectivity index (χ0v) is 11.8. The first-order valence-electron chi connectivity index (χ1n) is 6.54. The van der Waals surface area contributed by atoms with Gasteiger partial charge in [0.25, 0.3) is 0 Å². The lowest BCUT2D eigenvalue weighted by Crippen LogP contribution is -2.12. The lowest BCUT2D eigenvalue weighted by Gasteiger charge is -2.13. The minimum absolute atomic E-state index is 0.0193. The van der Waals surface area contributed by atoms with E-state index in [9.17, 15) is 13.2 Å². The highest BCUT2D eigenvalue weighted by Crippen LogP contribution is 2.23. The van der Waals surface area contributed by atoms with Gasteiger partial charge in [-0.1, -0.05) is 6.07 Å². The SMILES string of the molecule is CNC(C)c1ccc(OCc2cc(F)cc(F)c2)c(F)c1. The van der Waals surface area contributed by atoms with E-state index >= 15 is 0 Å². The molecule has 0 aromatic heterocycles. The zero-order chi connectivity index (χ0) is 15.4. The fourth-order valence-corrected chi connectivity index (χ4v) is 1.93. The van der Waals surface area contributed by atoms with Crippen LogP contribution >= 0.6 is 0 Å². The maximum Gasteiger partial charge on any atom is 0.165 e. The van der Waals surface area contributed by atoms with Gasteiger partial charge in [0, 0.05) is 12.1 Å². The topological polar surface area (TPSA) is 21.3 Å². The summed E-state index contributed by atoms with van der Waals surface area (Å²) < 4.78 is 45.3. The van der Waals surface area contributed by atoms with Gasteiger partial charge in [-0.05, 0) is 49.4 Å². The molecule has 21 heavy (non-hydrogen) atoms. The summed E-state index contributed by atoms with van der Waals surface area (Å²) in [4.78, 5) is 0. The van der Waals surface area contributed by atoms with E-state index in [2.05, 4.69) is 5.32 Å². The molecule has 0 saturated carbocycles. The molecule has 1 N–H and O–H groups in total. The molecule has 0 fully saturated rings. The molecule has 0 aliphatic rings. The van der Waals surface area contributed by atoms with E-state index in [-0.39, 0.29) is 18.4 Å². The van der Waals surface area contributed by atoms with E-state index in [0.29, 0.717) is 5.56 Å². The minimum Gasteiger partial charge on any atom is -0.486 e. The molecule has 0 aliphatic carbocycles. The lowest BCUT2D eigenvalue weighted by molar-refractivity contribution is 0.289. The molecular weight excluding hydrogens is 279 g/mol. The van der Waals surface area contributed by atoms with Gasteiger partial charge in [-0.2, -0.15) is 0 Å². The van der Waals surface area contributed by atoms with E-state index in [1.54, 1.807) is 13.1 Å². The highest BCUT2D eigenvalue weighted by molar-refractivity contribution is 5.31. The molecule has 2 aromatic carbocycles. The van der Waals surface area contributed by atoms with Crippen LogP contribution in [-0.4, -0.2) is 7.05 Å². The maximum absolute atomic E-state index is 13.9. The van der Waals surface area contributed by atoms with Gasteiger partial charge in [0.2, 0.25) is 0 Å². The molecule has 1 unspecified atom stereocenters. The number of hydrogen-bond donors (Lipinski definition) is 1. The van der Waals surface area contributed by atoms with Gasteiger partial charge in [-0.3, -0.25) is 0 Å². The van der Waals surface area contributed by atoms with Gasteiger partial charge < -0.3 is 10.1 Å². The number of hydrogen-bond acceptors (Lipinski definition) is 2. The Morgan fingerprint density at radius 3 is 2.29 bits per heavy atom. The third-order valence-corrected chi connectivity index (χ3v) is 3.21. The van der Waals surface area contributed by atoms with Crippen molar-refractivity contribution in [3.8, 4) is 5.75 Å². The third-order valence-electron chi connectivity index (χ3n) is 3.21. The number of rotatable bonds is 5. The number of nitrogens with one attached hydrogen (secondary N) is 1. The Balaban J connectivity index is 2.09. The van der Waals surface area contributed by atoms with E-state index in [1.165, 1.54) is 12.1 Å². The first kappa shape index (κ1) is 15.4. The fourth-order valence-electron chi connectivity index (χ4n) is 1.93. The Morgan fingerprint density at radius 1 is 1.05 bits per heavy atom. The van der Waals surface area contributed by atoms with Crippen molar-refractivity contribution in [3.05, 3.63) is 65.0 Å². The Labute approximate surface area is 121 Å². The van der Waals surface area contributed by atoms with Gasteiger partial charge in [0.1, 0.15) is 18.2 Å². The van der Waals surface area contributed by atoms with Crippen molar-refractivity contribution in [2.75, 3.05) is 7.05 Å². The molecule has 1 atom stereocenters.